The summed E-state index contributed by atoms with van der Waals surface area (Å²) in [6.07, 6.45) is 3.02. The standard InChI is InChI=1S/C23H25N3O3/c1-16(27)17-10-12-18(13-11-17)29-15-5-9-22(28)26-14-4-8-21(26)23-24-19-6-2-3-7-20(19)25-23/h2-3,6-7,10-13,21H,4-5,8-9,14-15H2,1H3,(H,24,25). The molecule has 0 saturated carbocycles. The number of ketones is 1. The van der Waals surface area contributed by atoms with Gasteiger partial charge in [0.1, 0.15) is 11.6 Å². The summed E-state index contributed by atoms with van der Waals surface area (Å²) in [5.41, 5.74) is 2.61. The maximum Gasteiger partial charge on any atom is 0.223 e. The van der Waals surface area contributed by atoms with Crippen molar-refractivity contribution in [2.45, 2.75) is 38.6 Å². The average Bonchev–Trinajstić information content (AvgIpc) is 3.38. The summed E-state index contributed by atoms with van der Waals surface area (Å²) in [6.45, 7) is 2.78. The van der Waals surface area contributed by atoms with Crippen molar-refractivity contribution in [3.8, 4) is 5.75 Å². The first-order valence-electron chi connectivity index (χ1n) is 10.1. The van der Waals surface area contributed by atoms with Crippen LogP contribution < -0.4 is 4.74 Å². The summed E-state index contributed by atoms with van der Waals surface area (Å²) >= 11 is 0. The molecule has 150 valence electrons. The van der Waals surface area contributed by atoms with E-state index in [1.54, 1.807) is 31.2 Å². The van der Waals surface area contributed by atoms with E-state index in [4.69, 9.17) is 4.74 Å². The number of H-pyrrole nitrogens is 1. The second-order valence-corrected chi connectivity index (χ2v) is 7.42. The first-order valence-corrected chi connectivity index (χ1v) is 10.1. The van der Waals surface area contributed by atoms with Gasteiger partial charge in [-0.2, -0.15) is 0 Å². The maximum absolute atomic E-state index is 12.8. The van der Waals surface area contributed by atoms with Gasteiger partial charge in [-0.25, -0.2) is 4.98 Å². The van der Waals surface area contributed by atoms with E-state index in [9.17, 15) is 9.59 Å². The number of benzene rings is 2. The molecule has 2 heterocycles. The number of carbonyl (C=O) groups excluding carboxylic acids is 2. The normalized spacial score (nSPS) is 16.3. The Morgan fingerprint density at radius 2 is 1.97 bits per heavy atom. The molecule has 1 fully saturated rings. The van der Waals surface area contributed by atoms with Crippen molar-refractivity contribution in [1.82, 2.24) is 14.9 Å². The number of carbonyl (C=O) groups is 2. The van der Waals surface area contributed by atoms with Gasteiger partial charge in [-0.3, -0.25) is 9.59 Å². The molecule has 0 radical (unpaired) electrons. The molecule has 6 heteroatoms. The molecule has 3 aromatic rings. The molecule has 0 aliphatic carbocycles. The highest BCUT2D eigenvalue weighted by Crippen LogP contribution is 2.32. The van der Waals surface area contributed by atoms with Crippen molar-refractivity contribution < 1.29 is 14.3 Å². The molecule has 0 bridgehead atoms. The number of hydrogen-bond acceptors (Lipinski definition) is 4. The van der Waals surface area contributed by atoms with Gasteiger partial charge in [-0.05, 0) is 62.6 Å². The Bertz CT molecular complexity index is 977. The fraction of sp³-hybridized carbons (Fsp3) is 0.348. The van der Waals surface area contributed by atoms with Crippen molar-refractivity contribution >= 4 is 22.7 Å². The van der Waals surface area contributed by atoms with E-state index in [1.165, 1.54) is 0 Å². The number of amides is 1. The summed E-state index contributed by atoms with van der Waals surface area (Å²) < 4.78 is 5.70. The van der Waals surface area contributed by atoms with Crippen LogP contribution in [0.4, 0.5) is 0 Å². The molecule has 1 amide bonds. The molecule has 0 spiro atoms. The fourth-order valence-corrected chi connectivity index (χ4v) is 3.82. The first-order chi connectivity index (χ1) is 14.1. The number of fused-ring (bicyclic) bond motifs is 1. The van der Waals surface area contributed by atoms with Crippen LogP contribution in [-0.2, 0) is 4.79 Å². The van der Waals surface area contributed by atoms with Crippen molar-refractivity contribution in [1.29, 1.82) is 0 Å². The Morgan fingerprint density at radius 1 is 1.17 bits per heavy atom. The summed E-state index contributed by atoms with van der Waals surface area (Å²) in [4.78, 5) is 34.1. The van der Waals surface area contributed by atoms with Gasteiger partial charge < -0.3 is 14.6 Å². The van der Waals surface area contributed by atoms with Crippen LogP contribution in [0.5, 0.6) is 5.75 Å². The largest absolute Gasteiger partial charge is 0.494 e. The Balaban J connectivity index is 1.30. The van der Waals surface area contributed by atoms with E-state index < -0.39 is 0 Å². The van der Waals surface area contributed by atoms with Crippen LogP contribution in [0, 0.1) is 0 Å². The third-order valence-corrected chi connectivity index (χ3v) is 5.36. The number of para-hydroxylation sites is 2. The van der Waals surface area contributed by atoms with Gasteiger partial charge in [0.25, 0.3) is 0 Å². The Morgan fingerprint density at radius 3 is 2.72 bits per heavy atom. The van der Waals surface area contributed by atoms with E-state index in [0.717, 1.165) is 36.2 Å². The molecule has 1 unspecified atom stereocenters. The second kappa shape index (κ2) is 8.47. The Hall–Kier alpha value is -3.15. The predicted octanol–water partition coefficient (Wildman–Crippen LogP) is 4.29. The highest BCUT2D eigenvalue weighted by Gasteiger charge is 2.31. The number of nitrogens with zero attached hydrogens (tertiary/aromatic N) is 2. The maximum atomic E-state index is 12.8. The van der Waals surface area contributed by atoms with Gasteiger partial charge in [0.05, 0.1) is 23.7 Å². The third kappa shape index (κ3) is 4.31. The number of likely N-dealkylation sites (tertiary alicyclic amines) is 1. The molecular formula is C23H25N3O3. The summed E-state index contributed by atoms with van der Waals surface area (Å²) in [5.74, 6) is 1.76. The Kier molecular flexibility index (Phi) is 5.60. The fourth-order valence-electron chi connectivity index (χ4n) is 3.82. The number of imidazole rings is 1. The minimum absolute atomic E-state index is 0.0231. The molecule has 1 aliphatic heterocycles. The van der Waals surface area contributed by atoms with E-state index in [0.29, 0.717) is 30.8 Å². The van der Waals surface area contributed by atoms with E-state index in [-0.39, 0.29) is 17.7 Å². The molecular weight excluding hydrogens is 366 g/mol. The predicted molar refractivity (Wildman–Crippen MR) is 111 cm³/mol. The number of nitrogens with one attached hydrogen (secondary N) is 1. The van der Waals surface area contributed by atoms with Crippen LogP contribution >= 0.6 is 0 Å². The van der Waals surface area contributed by atoms with E-state index in [2.05, 4.69) is 9.97 Å². The quantitative estimate of drug-likeness (QED) is 0.482. The molecule has 4 rings (SSSR count). The van der Waals surface area contributed by atoms with Crippen LogP contribution in [0.3, 0.4) is 0 Å². The average molecular weight is 391 g/mol. The van der Waals surface area contributed by atoms with Crippen molar-refractivity contribution in [2.24, 2.45) is 0 Å². The number of hydrogen-bond donors (Lipinski definition) is 1. The molecule has 6 nitrogen and oxygen atoms in total. The Labute approximate surface area is 169 Å². The molecule has 2 aromatic carbocycles. The van der Waals surface area contributed by atoms with Gasteiger partial charge in [0.15, 0.2) is 5.78 Å². The van der Waals surface area contributed by atoms with Gasteiger partial charge in [-0.15, -0.1) is 0 Å². The van der Waals surface area contributed by atoms with Crippen molar-refractivity contribution in [3.63, 3.8) is 0 Å². The summed E-state index contributed by atoms with van der Waals surface area (Å²) in [5, 5.41) is 0. The zero-order chi connectivity index (χ0) is 20.2. The van der Waals surface area contributed by atoms with Gasteiger partial charge >= 0.3 is 0 Å². The van der Waals surface area contributed by atoms with E-state index in [1.807, 2.05) is 29.2 Å². The van der Waals surface area contributed by atoms with Crippen molar-refractivity contribution in [2.75, 3.05) is 13.2 Å². The lowest BCUT2D eigenvalue weighted by Crippen LogP contribution is -2.31. The van der Waals surface area contributed by atoms with Gasteiger partial charge in [0, 0.05) is 18.5 Å². The lowest BCUT2D eigenvalue weighted by molar-refractivity contribution is -0.132. The lowest BCUT2D eigenvalue weighted by Gasteiger charge is -2.23. The molecule has 1 atom stereocenters. The van der Waals surface area contributed by atoms with Gasteiger partial charge in [-0.1, -0.05) is 12.1 Å². The zero-order valence-corrected chi connectivity index (χ0v) is 16.6. The van der Waals surface area contributed by atoms with Crippen LogP contribution in [0.2, 0.25) is 0 Å². The number of aromatic nitrogens is 2. The first kappa shape index (κ1) is 19.2. The van der Waals surface area contributed by atoms with Crippen LogP contribution in [0.1, 0.15) is 54.8 Å². The SMILES string of the molecule is CC(=O)c1ccc(OCCCC(=O)N2CCCC2c2nc3ccccc3[nH]2)cc1. The number of ether oxygens (including phenoxy) is 1. The highest BCUT2D eigenvalue weighted by molar-refractivity contribution is 5.94. The molecule has 1 aromatic heterocycles. The third-order valence-electron chi connectivity index (χ3n) is 5.36. The summed E-state index contributed by atoms with van der Waals surface area (Å²) in [6, 6.07) is 15.1. The van der Waals surface area contributed by atoms with Crippen molar-refractivity contribution in [3.05, 3.63) is 59.9 Å². The van der Waals surface area contributed by atoms with Crippen LogP contribution in [0.15, 0.2) is 48.5 Å². The van der Waals surface area contributed by atoms with Gasteiger partial charge in [0.2, 0.25) is 5.91 Å². The number of rotatable bonds is 7. The molecule has 1 saturated heterocycles. The zero-order valence-electron chi connectivity index (χ0n) is 16.6. The number of Topliss-reactive ketones (excluding diaryl/α,β-unsaturated/α-hetero) is 1. The molecule has 1 N–H and O–H groups in total. The number of aromatic amines is 1. The highest BCUT2D eigenvalue weighted by atomic mass is 16.5. The monoisotopic (exact) mass is 391 g/mol. The molecule has 29 heavy (non-hydrogen) atoms. The molecule has 1 aliphatic rings. The lowest BCUT2D eigenvalue weighted by atomic mass is 10.1. The summed E-state index contributed by atoms with van der Waals surface area (Å²) in [7, 11) is 0. The van der Waals surface area contributed by atoms with E-state index >= 15 is 0 Å². The topological polar surface area (TPSA) is 75.3 Å². The second-order valence-electron chi connectivity index (χ2n) is 7.42. The van der Waals surface area contributed by atoms with Crippen LogP contribution in [-0.4, -0.2) is 39.7 Å². The smallest absolute Gasteiger partial charge is 0.223 e. The minimum Gasteiger partial charge on any atom is -0.494 e. The minimum atomic E-state index is 0.0231. The van der Waals surface area contributed by atoms with Crippen LogP contribution in [0.25, 0.3) is 11.0 Å².